The van der Waals surface area contributed by atoms with Gasteiger partial charge in [-0.3, -0.25) is 14.4 Å². The van der Waals surface area contributed by atoms with Crippen molar-refractivity contribution in [1.82, 2.24) is 20.3 Å². The van der Waals surface area contributed by atoms with E-state index >= 15 is 0 Å². The molecule has 1 aromatic carbocycles. The maximum atomic E-state index is 12.2. The summed E-state index contributed by atoms with van der Waals surface area (Å²) in [5.74, 6) is -1.33. The van der Waals surface area contributed by atoms with Crippen molar-refractivity contribution in [2.45, 2.75) is 37.1 Å². The Labute approximate surface area is 154 Å². The minimum atomic E-state index is -1.01. The van der Waals surface area contributed by atoms with Gasteiger partial charge in [0.1, 0.15) is 12.2 Å². The summed E-state index contributed by atoms with van der Waals surface area (Å²) in [6.45, 7) is 3.12. The number of aliphatic carboxylic acids is 1. The smallest absolute Gasteiger partial charge is 0.325 e. The summed E-state index contributed by atoms with van der Waals surface area (Å²) in [6, 6.07) is 7.21. The van der Waals surface area contributed by atoms with E-state index in [1.165, 1.54) is 29.6 Å². The van der Waals surface area contributed by atoms with Crippen LogP contribution in [0.2, 0.25) is 0 Å². The molecule has 0 aliphatic rings. The van der Waals surface area contributed by atoms with Gasteiger partial charge >= 0.3 is 5.97 Å². The van der Waals surface area contributed by atoms with Crippen LogP contribution in [0.1, 0.15) is 19.5 Å². The van der Waals surface area contributed by atoms with Crippen LogP contribution in [0.25, 0.3) is 0 Å². The Balaban J connectivity index is 1.82. The van der Waals surface area contributed by atoms with E-state index in [0.717, 1.165) is 4.90 Å². The van der Waals surface area contributed by atoms with Crippen LogP contribution in [0.4, 0.5) is 5.69 Å². The average Bonchev–Trinajstić information content (AvgIpc) is 3.00. The van der Waals surface area contributed by atoms with Crippen molar-refractivity contribution in [1.29, 1.82) is 0 Å². The SMILES string of the molecule is CC(=O)Nc1ccc(SC(C)C(=O)NCc2cn(CC(=O)O)nn2)cc1. The van der Waals surface area contributed by atoms with E-state index in [0.29, 0.717) is 11.4 Å². The molecule has 9 nitrogen and oxygen atoms in total. The molecule has 2 aromatic rings. The number of aromatic nitrogens is 3. The van der Waals surface area contributed by atoms with E-state index in [1.807, 2.05) is 12.1 Å². The fourth-order valence-electron chi connectivity index (χ4n) is 2.03. The van der Waals surface area contributed by atoms with E-state index in [1.54, 1.807) is 19.1 Å². The maximum Gasteiger partial charge on any atom is 0.325 e. The van der Waals surface area contributed by atoms with Gasteiger partial charge in [0.2, 0.25) is 11.8 Å². The first-order valence-corrected chi connectivity index (χ1v) is 8.64. The Morgan fingerprint density at radius 3 is 2.58 bits per heavy atom. The third-order valence-corrected chi connectivity index (χ3v) is 4.30. The van der Waals surface area contributed by atoms with Crippen molar-refractivity contribution in [2.75, 3.05) is 5.32 Å². The van der Waals surface area contributed by atoms with Gasteiger partial charge in [0.05, 0.1) is 18.0 Å². The second-order valence-corrected chi connectivity index (χ2v) is 6.90. The largest absolute Gasteiger partial charge is 0.480 e. The van der Waals surface area contributed by atoms with Crippen molar-refractivity contribution >= 4 is 35.2 Å². The number of rotatable bonds is 8. The number of hydrogen-bond donors (Lipinski definition) is 3. The van der Waals surface area contributed by atoms with Crippen molar-refractivity contribution in [3.05, 3.63) is 36.2 Å². The van der Waals surface area contributed by atoms with E-state index in [-0.39, 0.29) is 30.2 Å². The number of thioether (sulfide) groups is 1. The van der Waals surface area contributed by atoms with Crippen LogP contribution in [0.5, 0.6) is 0 Å². The Morgan fingerprint density at radius 1 is 1.27 bits per heavy atom. The van der Waals surface area contributed by atoms with Crippen LogP contribution in [-0.4, -0.2) is 43.1 Å². The van der Waals surface area contributed by atoms with Crippen molar-refractivity contribution < 1.29 is 19.5 Å². The molecule has 2 rings (SSSR count). The molecule has 1 atom stereocenters. The summed E-state index contributed by atoms with van der Waals surface area (Å²) < 4.78 is 1.19. The standard InChI is InChI=1S/C16H19N5O4S/c1-10(26-14-5-3-12(4-6-14)18-11(2)22)16(25)17-7-13-8-21(20-19-13)9-15(23)24/h3-6,8,10H,7,9H2,1-2H3,(H,17,25)(H,18,22)(H,23,24). The Kier molecular flexibility index (Phi) is 6.73. The van der Waals surface area contributed by atoms with Gasteiger partial charge in [-0.25, -0.2) is 4.68 Å². The number of carbonyl (C=O) groups is 3. The van der Waals surface area contributed by atoms with E-state index < -0.39 is 5.97 Å². The molecule has 0 saturated carbocycles. The zero-order valence-electron chi connectivity index (χ0n) is 14.3. The average molecular weight is 377 g/mol. The molecule has 2 amide bonds. The van der Waals surface area contributed by atoms with Gasteiger partial charge in [-0.1, -0.05) is 5.21 Å². The van der Waals surface area contributed by atoms with Crippen LogP contribution in [0.3, 0.4) is 0 Å². The summed E-state index contributed by atoms with van der Waals surface area (Å²) in [5.41, 5.74) is 1.18. The quantitative estimate of drug-likeness (QED) is 0.588. The number of carbonyl (C=O) groups excluding carboxylic acids is 2. The van der Waals surface area contributed by atoms with E-state index in [2.05, 4.69) is 20.9 Å². The molecule has 0 aliphatic heterocycles. The summed E-state index contributed by atoms with van der Waals surface area (Å²) >= 11 is 1.38. The van der Waals surface area contributed by atoms with Crippen LogP contribution in [0, 0.1) is 0 Å². The highest BCUT2D eigenvalue weighted by Crippen LogP contribution is 2.24. The number of benzene rings is 1. The molecule has 138 valence electrons. The molecular formula is C16H19N5O4S. The van der Waals surface area contributed by atoms with Crippen molar-refractivity contribution in [3.63, 3.8) is 0 Å². The molecule has 0 aliphatic carbocycles. The van der Waals surface area contributed by atoms with Gasteiger partial charge in [0.15, 0.2) is 0 Å². The number of carboxylic acid groups (broad SMARTS) is 1. The number of nitrogens with zero attached hydrogens (tertiary/aromatic N) is 3. The summed E-state index contributed by atoms with van der Waals surface area (Å²) in [5, 5.41) is 21.3. The lowest BCUT2D eigenvalue weighted by Crippen LogP contribution is -2.30. The molecule has 0 radical (unpaired) electrons. The van der Waals surface area contributed by atoms with Crippen LogP contribution < -0.4 is 10.6 Å². The fourth-order valence-corrected chi connectivity index (χ4v) is 2.93. The Hall–Kier alpha value is -2.88. The predicted octanol–water partition coefficient (Wildman–Crippen LogP) is 1.12. The third-order valence-electron chi connectivity index (χ3n) is 3.18. The van der Waals surface area contributed by atoms with Crippen molar-refractivity contribution in [3.8, 4) is 0 Å². The molecule has 0 spiro atoms. The van der Waals surface area contributed by atoms with Crippen LogP contribution in [0.15, 0.2) is 35.4 Å². The molecule has 0 bridgehead atoms. The third kappa shape index (κ3) is 6.20. The first-order chi connectivity index (χ1) is 12.3. The van der Waals surface area contributed by atoms with Gasteiger partial charge in [-0.05, 0) is 31.2 Å². The minimum absolute atomic E-state index is 0.140. The first-order valence-electron chi connectivity index (χ1n) is 7.76. The topological polar surface area (TPSA) is 126 Å². The number of amides is 2. The van der Waals surface area contributed by atoms with Gasteiger partial charge in [0.25, 0.3) is 0 Å². The Morgan fingerprint density at radius 2 is 1.96 bits per heavy atom. The molecule has 0 saturated heterocycles. The summed E-state index contributed by atoms with van der Waals surface area (Å²) in [6.07, 6.45) is 1.48. The highest BCUT2D eigenvalue weighted by molar-refractivity contribution is 8.00. The van der Waals surface area contributed by atoms with Crippen molar-refractivity contribution in [2.24, 2.45) is 0 Å². The summed E-state index contributed by atoms with van der Waals surface area (Å²) in [4.78, 5) is 34.7. The first kappa shape index (κ1) is 19.4. The lowest BCUT2D eigenvalue weighted by Gasteiger charge is -2.11. The normalized spacial score (nSPS) is 11.6. The zero-order chi connectivity index (χ0) is 19.1. The van der Waals surface area contributed by atoms with Crippen LogP contribution >= 0.6 is 11.8 Å². The number of carboxylic acids is 1. The molecule has 1 heterocycles. The molecule has 3 N–H and O–H groups in total. The fraction of sp³-hybridized carbons (Fsp3) is 0.312. The number of hydrogen-bond acceptors (Lipinski definition) is 6. The highest BCUT2D eigenvalue weighted by Gasteiger charge is 2.15. The molecule has 10 heteroatoms. The summed E-state index contributed by atoms with van der Waals surface area (Å²) in [7, 11) is 0. The molecule has 1 aromatic heterocycles. The number of nitrogens with one attached hydrogen (secondary N) is 2. The Bertz CT molecular complexity index is 790. The zero-order valence-corrected chi connectivity index (χ0v) is 15.1. The van der Waals surface area contributed by atoms with Gasteiger partial charge < -0.3 is 15.7 Å². The van der Waals surface area contributed by atoms with Gasteiger partial charge in [0, 0.05) is 17.5 Å². The highest BCUT2D eigenvalue weighted by atomic mass is 32.2. The second kappa shape index (κ2) is 8.99. The van der Waals surface area contributed by atoms with Crippen LogP contribution in [-0.2, 0) is 27.5 Å². The lowest BCUT2D eigenvalue weighted by molar-refractivity contribution is -0.138. The minimum Gasteiger partial charge on any atom is -0.480 e. The molecule has 26 heavy (non-hydrogen) atoms. The second-order valence-electron chi connectivity index (χ2n) is 5.48. The van der Waals surface area contributed by atoms with E-state index in [4.69, 9.17) is 5.11 Å². The van der Waals surface area contributed by atoms with E-state index in [9.17, 15) is 14.4 Å². The van der Waals surface area contributed by atoms with Gasteiger partial charge in [-0.2, -0.15) is 0 Å². The number of anilines is 1. The monoisotopic (exact) mass is 377 g/mol. The molecule has 1 unspecified atom stereocenters. The maximum absolute atomic E-state index is 12.2. The molecule has 0 fully saturated rings. The van der Waals surface area contributed by atoms with Gasteiger partial charge in [-0.15, -0.1) is 16.9 Å². The predicted molar refractivity (Wildman–Crippen MR) is 95.6 cm³/mol. The molecular weight excluding hydrogens is 358 g/mol. The lowest BCUT2D eigenvalue weighted by atomic mass is 10.3.